The van der Waals surface area contributed by atoms with Crippen molar-refractivity contribution >= 4 is 5.78 Å². The molecule has 0 radical (unpaired) electrons. The molecular formula is C13H12N2O. The van der Waals surface area contributed by atoms with E-state index in [0.717, 1.165) is 5.56 Å². The first-order valence-corrected chi connectivity index (χ1v) is 4.91. The van der Waals surface area contributed by atoms with Crippen LogP contribution in [0.5, 0.6) is 0 Å². The van der Waals surface area contributed by atoms with Crippen molar-refractivity contribution in [1.29, 1.82) is 5.26 Å². The van der Waals surface area contributed by atoms with Crippen molar-refractivity contribution < 1.29 is 4.79 Å². The molecule has 0 atom stereocenters. The molecular weight excluding hydrogens is 200 g/mol. The Balaban J connectivity index is 2.85. The molecule has 0 bridgehead atoms. The van der Waals surface area contributed by atoms with Crippen LogP contribution in [0.1, 0.15) is 22.3 Å². The first-order chi connectivity index (χ1) is 7.77. The zero-order valence-electron chi connectivity index (χ0n) is 9.08. The number of carbonyl (C=O) groups is 1. The third-order valence-electron chi connectivity index (χ3n) is 1.92. The van der Waals surface area contributed by atoms with E-state index in [0.29, 0.717) is 12.1 Å². The van der Waals surface area contributed by atoms with Gasteiger partial charge in [-0.3, -0.25) is 4.79 Å². The van der Waals surface area contributed by atoms with Gasteiger partial charge < -0.3 is 5.32 Å². The number of ketones is 1. The molecule has 0 fully saturated rings. The molecule has 1 aromatic carbocycles. The van der Waals surface area contributed by atoms with Crippen LogP contribution < -0.4 is 5.32 Å². The predicted molar refractivity (Wildman–Crippen MR) is 61.8 cm³/mol. The zero-order valence-corrected chi connectivity index (χ0v) is 9.08. The summed E-state index contributed by atoms with van der Waals surface area (Å²) in [6.45, 7) is 0.608. The van der Waals surface area contributed by atoms with Crippen LogP contribution in [0.25, 0.3) is 0 Å². The summed E-state index contributed by atoms with van der Waals surface area (Å²) in [4.78, 5) is 11.4. The predicted octanol–water partition coefficient (Wildman–Crippen LogP) is 1.35. The maximum absolute atomic E-state index is 11.4. The largest absolute Gasteiger partial charge is 0.309 e. The Bertz CT molecular complexity index is 475. The molecule has 0 aliphatic rings. The lowest BCUT2D eigenvalue weighted by molar-refractivity contribution is 0.0997. The lowest BCUT2D eigenvalue weighted by Gasteiger charge is -1.97. The van der Waals surface area contributed by atoms with Gasteiger partial charge in [-0.15, -0.1) is 0 Å². The highest BCUT2D eigenvalue weighted by Gasteiger charge is 2.04. The lowest BCUT2D eigenvalue weighted by Crippen LogP contribution is -2.04. The fraction of sp³-hybridized carbons (Fsp3) is 0.231. The van der Waals surface area contributed by atoms with Gasteiger partial charge in [0.1, 0.15) is 0 Å². The molecule has 1 rings (SSSR count). The molecule has 0 saturated heterocycles. The molecule has 0 aromatic heterocycles. The fourth-order valence-electron chi connectivity index (χ4n) is 1.18. The Morgan fingerprint density at radius 3 is 3.00 bits per heavy atom. The van der Waals surface area contributed by atoms with Gasteiger partial charge in [-0.05, 0) is 19.2 Å². The summed E-state index contributed by atoms with van der Waals surface area (Å²) in [7, 11) is 1.82. The highest BCUT2D eigenvalue weighted by atomic mass is 16.1. The molecule has 0 aliphatic heterocycles. The molecule has 80 valence electrons. The maximum Gasteiger partial charge on any atom is 0.176 e. The van der Waals surface area contributed by atoms with E-state index in [9.17, 15) is 4.79 Å². The minimum absolute atomic E-state index is 0.0899. The average Bonchev–Trinajstić information content (AvgIpc) is 2.30. The Hall–Kier alpha value is -2.10. The molecule has 0 amide bonds. The van der Waals surface area contributed by atoms with Gasteiger partial charge in [0.25, 0.3) is 0 Å². The van der Waals surface area contributed by atoms with E-state index in [1.54, 1.807) is 18.2 Å². The van der Waals surface area contributed by atoms with Crippen LogP contribution in [-0.2, 0) is 0 Å². The number of nitrogens with one attached hydrogen (secondary N) is 1. The highest BCUT2D eigenvalue weighted by molar-refractivity contribution is 5.97. The second-order valence-corrected chi connectivity index (χ2v) is 3.17. The Kier molecular flexibility index (Phi) is 4.79. The summed E-state index contributed by atoms with van der Waals surface area (Å²) < 4.78 is 0. The summed E-state index contributed by atoms with van der Waals surface area (Å²) in [5, 5.41) is 11.3. The molecule has 0 aliphatic carbocycles. The van der Waals surface area contributed by atoms with E-state index >= 15 is 0 Å². The molecule has 16 heavy (non-hydrogen) atoms. The minimum Gasteiger partial charge on any atom is -0.309 e. The lowest BCUT2D eigenvalue weighted by atomic mass is 10.1. The van der Waals surface area contributed by atoms with Crippen molar-refractivity contribution in [3.05, 3.63) is 35.4 Å². The smallest absolute Gasteiger partial charge is 0.176 e. The Labute approximate surface area is 95.1 Å². The standard InChI is InChI=1S/C13H12N2O/c1-15-9-3-5-11-4-2-6-12(10-11)13(16)7-8-14/h2,4,6,10,15H,7,9H2,1H3. The number of hydrogen-bond donors (Lipinski definition) is 1. The SMILES string of the molecule is CNCC#Cc1cccc(C(=O)CC#N)c1. The van der Waals surface area contributed by atoms with Gasteiger partial charge >= 0.3 is 0 Å². The minimum atomic E-state index is -0.167. The zero-order chi connectivity index (χ0) is 11.8. The summed E-state index contributed by atoms with van der Waals surface area (Å²) in [6.07, 6.45) is -0.0899. The first kappa shape index (κ1) is 12.0. The normalized spacial score (nSPS) is 8.75. The van der Waals surface area contributed by atoms with Crippen molar-refractivity contribution in [2.75, 3.05) is 13.6 Å². The molecule has 0 unspecified atom stereocenters. The van der Waals surface area contributed by atoms with Gasteiger partial charge in [0.15, 0.2) is 5.78 Å². The molecule has 0 spiro atoms. The van der Waals surface area contributed by atoms with Crippen LogP contribution in [0, 0.1) is 23.2 Å². The third-order valence-corrected chi connectivity index (χ3v) is 1.92. The van der Waals surface area contributed by atoms with E-state index < -0.39 is 0 Å². The van der Waals surface area contributed by atoms with Crippen LogP contribution in [-0.4, -0.2) is 19.4 Å². The van der Waals surface area contributed by atoms with Gasteiger partial charge in [-0.2, -0.15) is 5.26 Å². The summed E-state index contributed by atoms with van der Waals surface area (Å²) in [5.74, 6) is 5.68. The van der Waals surface area contributed by atoms with Crippen LogP contribution in [0.2, 0.25) is 0 Å². The number of carbonyl (C=O) groups excluding carboxylic acids is 1. The molecule has 0 heterocycles. The average molecular weight is 212 g/mol. The quantitative estimate of drug-likeness (QED) is 0.608. The van der Waals surface area contributed by atoms with Gasteiger partial charge in [-0.1, -0.05) is 24.0 Å². The van der Waals surface area contributed by atoms with Gasteiger partial charge in [0.05, 0.1) is 19.0 Å². The first-order valence-electron chi connectivity index (χ1n) is 4.91. The number of rotatable bonds is 3. The van der Waals surface area contributed by atoms with E-state index in [1.165, 1.54) is 0 Å². The van der Waals surface area contributed by atoms with Crippen LogP contribution >= 0.6 is 0 Å². The van der Waals surface area contributed by atoms with Gasteiger partial charge in [-0.25, -0.2) is 0 Å². The van der Waals surface area contributed by atoms with Crippen molar-refractivity contribution in [2.45, 2.75) is 6.42 Å². The van der Waals surface area contributed by atoms with Crippen LogP contribution in [0.15, 0.2) is 24.3 Å². The molecule has 3 heteroatoms. The van der Waals surface area contributed by atoms with E-state index in [-0.39, 0.29) is 12.2 Å². The number of benzene rings is 1. The van der Waals surface area contributed by atoms with Crippen LogP contribution in [0.3, 0.4) is 0 Å². The molecule has 1 N–H and O–H groups in total. The highest BCUT2D eigenvalue weighted by Crippen LogP contribution is 2.06. The van der Waals surface area contributed by atoms with Gasteiger partial charge in [0.2, 0.25) is 0 Å². The second kappa shape index (κ2) is 6.40. The number of nitrogens with zero attached hydrogens (tertiary/aromatic N) is 1. The van der Waals surface area contributed by atoms with Crippen molar-refractivity contribution in [3.8, 4) is 17.9 Å². The summed E-state index contributed by atoms with van der Waals surface area (Å²) >= 11 is 0. The van der Waals surface area contributed by atoms with Gasteiger partial charge in [0, 0.05) is 11.1 Å². The van der Waals surface area contributed by atoms with Crippen molar-refractivity contribution in [2.24, 2.45) is 0 Å². The molecule has 0 saturated carbocycles. The van der Waals surface area contributed by atoms with E-state index in [2.05, 4.69) is 17.2 Å². The van der Waals surface area contributed by atoms with Crippen molar-refractivity contribution in [1.82, 2.24) is 5.32 Å². The fourth-order valence-corrected chi connectivity index (χ4v) is 1.18. The van der Waals surface area contributed by atoms with E-state index in [4.69, 9.17) is 5.26 Å². The van der Waals surface area contributed by atoms with Crippen LogP contribution in [0.4, 0.5) is 0 Å². The summed E-state index contributed by atoms with van der Waals surface area (Å²) in [5.41, 5.74) is 1.33. The Morgan fingerprint density at radius 1 is 1.50 bits per heavy atom. The summed E-state index contributed by atoms with van der Waals surface area (Å²) in [6, 6.07) is 8.86. The monoisotopic (exact) mass is 212 g/mol. The second-order valence-electron chi connectivity index (χ2n) is 3.17. The molecule has 1 aromatic rings. The van der Waals surface area contributed by atoms with E-state index in [1.807, 2.05) is 19.2 Å². The maximum atomic E-state index is 11.4. The molecule has 3 nitrogen and oxygen atoms in total. The number of Topliss-reactive ketones (excluding diaryl/α,β-unsaturated/α-hetero) is 1. The number of nitriles is 1. The topological polar surface area (TPSA) is 52.9 Å². The Morgan fingerprint density at radius 2 is 2.31 bits per heavy atom. The van der Waals surface area contributed by atoms with Crippen molar-refractivity contribution in [3.63, 3.8) is 0 Å². The third kappa shape index (κ3) is 3.57. The number of hydrogen-bond acceptors (Lipinski definition) is 3.